The number of nitrogens with one attached hydrogen (secondary N) is 1. The lowest BCUT2D eigenvalue weighted by Gasteiger charge is -2.33. The van der Waals surface area contributed by atoms with Crippen molar-refractivity contribution < 1.29 is 31.4 Å². The predicted molar refractivity (Wildman–Crippen MR) is 96.0 cm³/mol. The summed E-state index contributed by atoms with van der Waals surface area (Å²) < 4.78 is 78.6. The first-order chi connectivity index (χ1) is 12.9. The fraction of sp³-hybridized carbons (Fsp3) is 0.368. The fourth-order valence-corrected chi connectivity index (χ4v) is 3.75. The third kappa shape index (κ3) is 3.87. The highest BCUT2D eigenvalue weighted by molar-refractivity contribution is 9.10. The van der Waals surface area contributed by atoms with E-state index in [2.05, 4.69) is 21.2 Å². The van der Waals surface area contributed by atoms with Gasteiger partial charge in [0.1, 0.15) is 0 Å². The normalized spacial score (nSPS) is 17.8. The molecule has 0 saturated heterocycles. The molecule has 9 heteroatoms. The highest BCUT2D eigenvalue weighted by Crippen LogP contribution is 2.50. The van der Waals surface area contributed by atoms with Crippen LogP contribution in [0.15, 0.2) is 46.9 Å². The molecular formula is C19H16BrF6NO. The summed E-state index contributed by atoms with van der Waals surface area (Å²) in [6.45, 7) is 0. The second-order valence-electron chi connectivity index (χ2n) is 6.79. The van der Waals surface area contributed by atoms with E-state index < -0.39 is 23.5 Å². The number of benzene rings is 2. The molecule has 0 radical (unpaired) electrons. The van der Waals surface area contributed by atoms with Crippen LogP contribution < -0.4 is 5.32 Å². The standard InChI is InChI=1S/C19H16BrF6NO/c20-14-6-8-16-12(10-14)3-7-15(27-16)9-11-1-4-13(5-2-11)17(28,18(21,22)23)19(24,25)26/h1-2,4-6,8,10,15,27-28H,3,7,9H2. The van der Waals surface area contributed by atoms with Crippen molar-refractivity contribution >= 4 is 21.6 Å². The molecule has 1 atom stereocenters. The van der Waals surface area contributed by atoms with Gasteiger partial charge in [-0.15, -0.1) is 0 Å². The van der Waals surface area contributed by atoms with Crippen molar-refractivity contribution in [3.05, 3.63) is 63.6 Å². The Hall–Kier alpha value is -1.74. The number of hydrogen-bond acceptors (Lipinski definition) is 2. The number of alkyl halides is 6. The Balaban J connectivity index is 1.77. The van der Waals surface area contributed by atoms with Crippen molar-refractivity contribution in [1.29, 1.82) is 0 Å². The summed E-state index contributed by atoms with van der Waals surface area (Å²) in [6, 6.07) is 9.56. The highest BCUT2D eigenvalue weighted by atomic mass is 79.9. The van der Waals surface area contributed by atoms with Gasteiger partial charge in [0.2, 0.25) is 0 Å². The summed E-state index contributed by atoms with van der Waals surface area (Å²) in [5.41, 5.74) is -3.47. The first kappa shape index (κ1) is 21.0. The van der Waals surface area contributed by atoms with Crippen LogP contribution in [-0.2, 0) is 18.4 Å². The van der Waals surface area contributed by atoms with E-state index in [0.29, 0.717) is 24.1 Å². The van der Waals surface area contributed by atoms with Gasteiger partial charge in [0.05, 0.1) is 0 Å². The number of hydrogen-bond donors (Lipinski definition) is 2. The van der Waals surface area contributed by atoms with Gasteiger partial charge in [0.25, 0.3) is 5.60 Å². The lowest BCUT2D eigenvalue weighted by molar-refractivity contribution is -0.376. The fourth-order valence-electron chi connectivity index (χ4n) is 3.34. The predicted octanol–water partition coefficient (Wildman–Crippen LogP) is 5.73. The van der Waals surface area contributed by atoms with E-state index in [0.717, 1.165) is 28.6 Å². The summed E-state index contributed by atoms with van der Waals surface area (Å²) in [5, 5.41) is 12.8. The van der Waals surface area contributed by atoms with Crippen LogP contribution in [0.4, 0.5) is 32.0 Å². The van der Waals surface area contributed by atoms with Crippen LogP contribution in [0.1, 0.15) is 23.1 Å². The highest BCUT2D eigenvalue weighted by Gasteiger charge is 2.71. The van der Waals surface area contributed by atoms with Gasteiger partial charge in [-0.2, -0.15) is 26.3 Å². The summed E-state index contributed by atoms with van der Waals surface area (Å²) in [7, 11) is 0. The van der Waals surface area contributed by atoms with Crippen molar-refractivity contribution in [1.82, 2.24) is 0 Å². The molecule has 2 aromatic rings. The average molecular weight is 468 g/mol. The smallest absolute Gasteiger partial charge is 0.382 e. The molecule has 0 spiro atoms. The van der Waals surface area contributed by atoms with Crippen molar-refractivity contribution in [2.45, 2.75) is 43.3 Å². The lowest BCUT2D eigenvalue weighted by Crippen LogP contribution is -2.53. The topological polar surface area (TPSA) is 32.3 Å². The molecule has 0 aliphatic carbocycles. The minimum atomic E-state index is -5.88. The molecule has 3 rings (SSSR count). The molecule has 152 valence electrons. The number of aryl methyl sites for hydroxylation is 1. The van der Waals surface area contributed by atoms with Crippen molar-refractivity contribution in [2.24, 2.45) is 0 Å². The Morgan fingerprint density at radius 2 is 1.57 bits per heavy atom. The van der Waals surface area contributed by atoms with E-state index in [1.54, 1.807) is 0 Å². The number of rotatable bonds is 3. The Morgan fingerprint density at radius 3 is 2.14 bits per heavy atom. The zero-order valence-electron chi connectivity index (χ0n) is 14.3. The molecule has 28 heavy (non-hydrogen) atoms. The SMILES string of the molecule is OC(c1ccc(CC2CCc3cc(Br)ccc3N2)cc1)(C(F)(F)F)C(F)(F)F. The quantitative estimate of drug-likeness (QED) is 0.564. The van der Waals surface area contributed by atoms with Gasteiger partial charge >= 0.3 is 12.4 Å². The van der Waals surface area contributed by atoms with Crippen molar-refractivity contribution in [3.8, 4) is 0 Å². The lowest BCUT2D eigenvalue weighted by atomic mass is 9.89. The molecular weight excluding hydrogens is 452 g/mol. The van der Waals surface area contributed by atoms with Gasteiger partial charge in [-0.25, -0.2) is 0 Å². The minimum absolute atomic E-state index is 0.00337. The summed E-state index contributed by atoms with van der Waals surface area (Å²) in [6.07, 6.45) is -9.73. The maximum absolute atomic E-state index is 12.9. The van der Waals surface area contributed by atoms with Gasteiger partial charge in [-0.05, 0) is 48.6 Å². The van der Waals surface area contributed by atoms with Gasteiger partial charge < -0.3 is 10.4 Å². The summed E-state index contributed by atoms with van der Waals surface area (Å²) in [5.74, 6) is 0. The third-order valence-electron chi connectivity index (χ3n) is 4.86. The summed E-state index contributed by atoms with van der Waals surface area (Å²) in [4.78, 5) is 0. The zero-order chi connectivity index (χ0) is 20.7. The average Bonchev–Trinajstić information content (AvgIpc) is 2.60. The van der Waals surface area contributed by atoms with E-state index in [4.69, 9.17) is 0 Å². The van der Waals surface area contributed by atoms with E-state index in [1.807, 2.05) is 18.2 Å². The Labute approximate surface area is 165 Å². The van der Waals surface area contributed by atoms with Crippen LogP contribution in [0.25, 0.3) is 0 Å². The van der Waals surface area contributed by atoms with Crippen LogP contribution in [0, 0.1) is 0 Å². The second kappa shape index (κ2) is 7.26. The molecule has 0 bridgehead atoms. The van der Waals surface area contributed by atoms with Gasteiger partial charge in [-0.1, -0.05) is 40.2 Å². The number of anilines is 1. The maximum atomic E-state index is 12.9. The number of aliphatic hydroxyl groups is 1. The third-order valence-corrected chi connectivity index (χ3v) is 5.36. The van der Waals surface area contributed by atoms with Crippen LogP contribution in [-0.4, -0.2) is 23.5 Å². The molecule has 2 aromatic carbocycles. The molecule has 0 fully saturated rings. The van der Waals surface area contributed by atoms with Gasteiger partial charge in [0.15, 0.2) is 0 Å². The van der Waals surface area contributed by atoms with Gasteiger partial charge in [-0.3, -0.25) is 0 Å². The molecule has 1 unspecified atom stereocenters. The van der Waals surface area contributed by atoms with E-state index in [-0.39, 0.29) is 6.04 Å². The first-order valence-electron chi connectivity index (χ1n) is 8.42. The minimum Gasteiger partial charge on any atom is -0.382 e. The van der Waals surface area contributed by atoms with E-state index >= 15 is 0 Å². The van der Waals surface area contributed by atoms with Gasteiger partial charge in [0, 0.05) is 21.8 Å². The molecule has 2 nitrogen and oxygen atoms in total. The molecule has 1 heterocycles. The molecule has 2 N–H and O–H groups in total. The maximum Gasteiger partial charge on any atom is 0.430 e. The second-order valence-corrected chi connectivity index (χ2v) is 7.70. The summed E-state index contributed by atoms with van der Waals surface area (Å²) >= 11 is 3.40. The van der Waals surface area contributed by atoms with Crippen LogP contribution in [0.2, 0.25) is 0 Å². The molecule has 1 aliphatic heterocycles. The van der Waals surface area contributed by atoms with Crippen LogP contribution >= 0.6 is 15.9 Å². The number of halogens is 7. The Kier molecular flexibility index (Phi) is 5.44. The molecule has 0 amide bonds. The van der Waals surface area contributed by atoms with E-state index in [1.165, 1.54) is 12.1 Å². The van der Waals surface area contributed by atoms with E-state index in [9.17, 15) is 31.4 Å². The zero-order valence-corrected chi connectivity index (χ0v) is 15.9. The van der Waals surface area contributed by atoms with Crippen molar-refractivity contribution in [2.75, 3.05) is 5.32 Å². The first-order valence-corrected chi connectivity index (χ1v) is 9.21. The largest absolute Gasteiger partial charge is 0.430 e. The Morgan fingerprint density at radius 1 is 0.964 bits per heavy atom. The van der Waals surface area contributed by atoms with Crippen LogP contribution in [0.3, 0.4) is 0 Å². The monoisotopic (exact) mass is 467 g/mol. The molecule has 0 aromatic heterocycles. The molecule has 1 aliphatic rings. The number of fused-ring (bicyclic) bond motifs is 1. The van der Waals surface area contributed by atoms with Crippen LogP contribution in [0.5, 0.6) is 0 Å². The van der Waals surface area contributed by atoms with Crippen molar-refractivity contribution in [3.63, 3.8) is 0 Å². The molecule has 0 saturated carbocycles. The Bertz CT molecular complexity index is 833.